The van der Waals surface area contributed by atoms with Gasteiger partial charge in [0.25, 0.3) is 0 Å². The average Bonchev–Trinajstić information content (AvgIpc) is 2.46. The predicted octanol–water partition coefficient (Wildman–Crippen LogP) is 3.79. The van der Waals surface area contributed by atoms with E-state index in [0.717, 1.165) is 16.5 Å². The molecule has 0 aromatic heterocycles. The highest BCUT2D eigenvalue weighted by atomic mass is 16.5. The van der Waals surface area contributed by atoms with Gasteiger partial charge in [-0.1, -0.05) is 38.1 Å². The van der Waals surface area contributed by atoms with Crippen LogP contribution in [0, 0.1) is 17.2 Å². The molecule has 0 spiro atoms. The smallest absolute Gasteiger partial charge is 0.0998 e. The van der Waals surface area contributed by atoms with Gasteiger partial charge in [-0.25, -0.2) is 0 Å². The van der Waals surface area contributed by atoms with Gasteiger partial charge in [-0.3, -0.25) is 0 Å². The molecule has 0 fully saturated rings. The van der Waals surface area contributed by atoms with Gasteiger partial charge < -0.3 is 10.1 Å². The van der Waals surface area contributed by atoms with Crippen LogP contribution in [-0.2, 0) is 4.74 Å². The molecule has 0 aliphatic heterocycles. The van der Waals surface area contributed by atoms with E-state index in [1.807, 2.05) is 36.4 Å². The minimum Gasteiger partial charge on any atom is -0.383 e. The number of methoxy groups -OCH3 is 1. The van der Waals surface area contributed by atoms with E-state index < -0.39 is 0 Å². The molecule has 20 heavy (non-hydrogen) atoms. The van der Waals surface area contributed by atoms with Crippen molar-refractivity contribution in [3.05, 3.63) is 42.0 Å². The second-order valence-electron chi connectivity index (χ2n) is 5.27. The van der Waals surface area contributed by atoms with Crippen LogP contribution in [0.3, 0.4) is 0 Å². The molecule has 0 amide bonds. The van der Waals surface area contributed by atoms with Crippen LogP contribution in [0.15, 0.2) is 36.4 Å². The van der Waals surface area contributed by atoms with Crippen molar-refractivity contribution in [2.75, 3.05) is 19.0 Å². The first-order chi connectivity index (χ1) is 9.67. The highest BCUT2D eigenvalue weighted by Crippen LogP contribution is 2.27. The number of nitriles is 1. The normalized spacial score (nSPS) is 12.3. The van der Waals surface area contributed by atoms with E-state index in [-0.39, 0.29) is 6.04 Å². The van der Waals surface area contributed by atoms with Gasteiger partial charge in [0, 0.05) is 23.6 Å². The average molecular weight is 268 g/mol. The number of benzene rings is 2. The summed E-state index contributed by atoms with van der Waals surface area (Å²) in [6.45, 7) is 5.00. The van der Waals surface area contributed by atoms with Gasteiger partial charge in [-0.05, 0) is 18.1 Å². The third kappa shape index (κ3) is 2.92. The number of hydrogen-bond donors (Lipinski definition) is 1. The van der Waals surface area contributed by atoms with Gasteiger partial charge in [0.2, 0.25) is 0 Å². The zero-order chi connectivity index (χ0) is 14.5. The fourth-order valence-electron chi connectivity index (χ4n) is 2.30. The molecule has 2 rings (SSSR count). The molecule has 0 heterocycles. The Bertz CT molecular complexity index is 628. The van der Waals surface area contributed by atoms with Crippen LogP contribution in [0.4, 0.5) is 5.69 Å². The van der Waals surface area contributed by atoms with Crippen molar-refractivity contribution in [1.82, 2.24) is 0 Å². The fourth-order valence-corrected chi connectivity index (χ4v) is 2.30. The first-order valence-electron chi connectivity index (χ1n) is 6.84. The maximum Gasteiger partial charge on any atom is 0.0998 e. The zero-order valence-electron chi connectivity index (χ0n) is 12.2. The van der Waals surface area contributed by atoms with Gasteiger partial charge in [0.15, 0.2) is 0 Å². The second kappa shape index (κ2) is 6.40. The maximum atomic E-state index is 9.19. The van der Waals surface area contributed by atoms with Crippen LogP contribution in [0.25, 0.3) is 10.8 Å². The monoisotopic (exact) mass is 268 g/mol. The van der Waals surface area contributed by atoms with Gasteiger partial charge in [0.1, 0.15) is 0 Å². The van der Waals surface area contributed by atoms with Gasteiger partial charge >= 0.3 is 0 Å². The topological polar surface area (TPSA) is 45.0 Å². The van der Waals surface area contributed by atoms with Crippen molar-refractivity contribution in [3.8, 4) is 6.07 Å². The molecule has 104 valence electrons. The fraction of sp³-hybridized carbons (Fsp3) is 0.353. The van der Waals surface area contributed by atoms with Crippen LogP contribution < -0.4 is 5.32 Å². The van der Waals surface area contributed by atoms with Crippen LogP contribution in [0.5, 0.6) is 0 Å². The lowest BCUT2D eigenvalue weighted by molar-refractivity contribution is 0.171. The third-order valence-electron chi connectivity index (χ3n) is 3.54. The number of rotatable bonds is 5. The van der Waals surface area contributed by atoms with E-state index in [4.69, 9.17) is 4.74 Å². The second-order valence-corrected chi connectivity index (χ2v) is 5.27. The van der Waals surface area contributed by atoms with Gasteiger partial charge in [-0.15, -0.1) is 0 Å². The van der Waals surface area contributed by atoms with E-state index in [1.165, 1.54) is 0 Å². The van der Waals surface area contributed by atoms with Crippen molar-refractivity contribution in [1.29, 1.82) is 5.26 Å². The molecule has 3 nitrogen and oxygen atoms in total. The van der Waals surface area contributed by atoms with E-state index in [1.54, 1.807) is 7.11 Å². The Balaban J connectivity index is 2.43. The van der Waals surface area contributed by atoms with E-state index in [9.17, 15) is 5.26 Å². The third-order valence-corrected chi connectivity index (χ3v) is 3.54. The Morgan fingerprint density at radius 1 is 1.15 bits per heavy atom. The van der Waals surface area contributed by atoms with Crippen LogP contribution in [-0.4, -0.2) is 19.8 Å². The van der Waals surface area contributed by atoms with Crippen LogP contribution >= 0.6 is 0 Å². The van der Waals surface area contributed by atoms with E-state index >= 15 is 0 Å². The Morgan fingerprint density at radius 2 is 1.85 bits per heavy atom. The number of hydrogen-bond acceptors (Lipinski definition) is 3. The molecule has 1 N–H and O–H groups in total. The molecule has 3 heteroatoms. The Kier molecular flexibility index (Phi) is 4.60. The molecule has 0 aliphatic rings. The van der Waals surface area contributed by atoms with Crippen molar-refractivity contribution < 1.29 is 4.74 Å². The Morgan fingerprint density at radius 3 is 2.45 bits per heavy atom. The van der Waals surface area contributed by atoms with Crippen LogP contribution in [0.2, 0.25) is 0 Å². The Labute approximate surface area is 120 Å². The molecule has 0 radical (unpaired) electrons. The molecule has 0 aliphatic carbocycles. The van der Waals surface area contributed by atoms with Gasteiger partial charge in [0.05, 0.1) is 24.3 Å². The summed E-state index contributed by atoms with van der Waals surface area (Å²) in [5.74, 6) is 0.462. The number of fused-ring (bicyclic) bond motifs is 1. The number of ether oxygens (including phenoxy) is 1. The van der Waals surface area contributed by atoms with Crippen molar-refractivity contribution in [2.45, 2.75) is 19.9 Å². The highest BCUT2D eigenvalue weighted by Gasteiger charge is 2.14. The van der Waals surface area contributed by atoms with E-state index in [2.05, 4.69) is 25.2 Å². The summed E-state index contributed by atoms with van der Waals surface area (Å²) < 4.78 is 5.28. The lowest BCUT2D eigenvalue weighted by Crippen LogP contribution is -2.30. The predicted molar refractivity (Wildman–Crippen MR) is 82.8 cm³/mol. The number of nitrogens with one attached hydrogen (secondary N) is 1. The molecule has 2 aromatic rings. The van der Waals surface area contributed by atoms with Crippen molar-refractivity contribution >= 4 is 16.5 Å². The molecule has 1 atom stereocenters. The molecule has 0 saturated carbocycles. The van der Waals surface area contributed by atoms with Crippen molar-refractivity contribution in [3.63, 3.8) is 0 Å². The number of anilines is 1. The first-order valence-corrected chi connectivity index (χ1v) is 6.84. The molecule has 1 unspecified atom stereocenters. The SMILES string of the molecule is COCC(Nc1ccc(C#N)c2ccccc12)C(C)C. The summed E-state index contributed by atoms with van der Waals surface area (Å²) in [6.07, 6.45) is 0. The first kappa shape index (κ1) is 14.4. The number of nitrogens with zero attached hydrogens (tertiary/aromatic N) is 1. The quantitative estimate of drug-likeness (QED) is 0.897. The van der Waals surface area contributed by atoms with E-state index in [0.29, 0.717) is 18.1 Å². The largest absolute Gasteiger partial charge is 0.383 e. The van der Waals surface area contributed by atoms with Gasteiger partial charge in [-0.2, -0.15) is 5.26 Å². The zero-order valence-corrected chi connectivity index (χ0v) is 12.2. The molecule has 0 bridgehead atoms. The molecular weight excluding hydrogens is 248 g/mol. The lowest BCUT2D eigenvalue weighted by Gasteiger charge is -2.23. The summed E-state index contributed by atoms with van der Waals surface area (Å²) in [4.78, 5) is 0. The molecular formula is C17H20N2O. The molecule has 0 saturated heterocycles. The Hall–Kier alpha value is -2.05. The maximum absolute atomic E-state index is 9.19. The van der Waals surface area contributed by atoms with Crippen LogP contribution in [0.1, 0.15) is 19.4 Å². The standard InChI is InChI=1S/C17H20N2O/c1-12(2)17(11-20-3)19-16-9-8-13(10-18)14-6-4-5-7-15(14)16/h4-9,12,17,19H,11H2,1-3H3. The summed E-state index contributed by atoms with van der Waals surface area (Å²) >= 11 is 0. The minimum absolute atomic E-state index is 0.247. The minimum atomic E-state index is 0.247. The highest BCUT2D eigenvalue weighted by molar-refractivity contribution is 5.97. The lowest BCUT2D eigenvalue weighted by atomic mass is 10.0. The summed E-state index contributed by atoms with van der Waals surface area (Å²) in [7, 11) is 1.72. The summed E-state index contributed by atoms with van der Waals surface area (Å²) in [5.41, 5.74) is 1.76. The summed E-state index contributed by atoms with van der Waals surface area (Å²) in [5, 5.41) is 14.8. The summed E-state index contributed by atoms with van der Waals surface area (Å²) in [6, 6.07) is 14.3. The van der Waals surface area contributed by atoms with Crippen molar-refractivity contribution in [2.24, 2.45) is 5.92 Å². The molecule has 2 aromatic carbocycles.